The highest BCUT2D eigenvalue weighted by Crippen LogP contribution is 2.43. The first kappa shape index (κ1) is 39.7. The van der Waals surface area contributed by atoms with Gasteiger partial charge in [-0.3, -0.25) is 13.8 Å². The molecule has 0 heterocycles. The van der Waals surface area contributed by atoms with Gasteiger partial charge in [-0.1, -0.05) is 108 Å². The fraction of sp³-hybridized carbons (Fsp3) is 0.781. The summed E-state index contributed by atoms with van der Waals surface area (Å²) >= 11 is 0. The fourth-order valence-electron chi connectivity index (χ4n) is 4.01. The molecule has 0 aromatic rings. The Morgan fingerprint density at radius 1 is 0.756 bits per heavy atom. The maximum atomic E-state index is 12.4. The van der Waals surface area contributed by atoms with Crippen molar-refractivity contribution in [2.75, 3.05) is 33.0 Å². The van der Waals surface area contributed by atoms with Crippen molar-refractivity contribution in [1.82, 2.24) is 0 Å². The van der Waals surface area contributed by atoms with Crippen molar-refractivity contribution in [3.05, 3.63) is 36.5 Å². The number of allylic oxidation sites excluding steroid dienone is 6. The maximum Gasteiger partial charge on any atom is 0.472 e. The number of rotatable bonds is 30. The molecule has 2 unspecified atom stereocenters. The Morgan fingerprint density at radius 2 is 1.37 bits per heavy atom. The molecule has 0 saturated heterocycles. The molecule has 2 atom stereocenters. The summed E-state index contributed by atoms with van der Waals surface area (Å²) in [5, 5.41) is 0. The summed E-state index contributed by atoms with van der Waals surface area (Å²) in [6, 6.07) is 0. The predicted octanol–water partition coefficient (Wildman–Crippen LogP) is 8.35. The lowest BCUT2D eigenvalue weighted by molar-refractivity contribution is -0.154. The van der Waals surface area contributed by atoms with E-state index >= 15 is 0 Å². The Kier molecular flexibility index (Phi) is 29.2. The number of hydrogen-bond acceptors (Lipinski definition) is 7. The van der Waals surface area contributed by atoms with Gasteiger partial charge in [-0.2, -0.15) is 0 Å². The second-order valence-corrected chi connectivity index (χ2v) is 11.7. The molecule has 0 radical (unpaired) electrons. The van der Waals surface area contributed by atoms with Crippen molar-refractivity contribution in [2.45, 2.75) is 129 Å². The van der Waals surface area contributed by atoms with Crippen LogP contribution in [0.5, 0.6) is 0 Å². The summed E-state index contributed by atoms with van der Waals surface area (Å²) in [4.78, 5) is 22.2. The lowest BCUT2D eigenvalue weighted by Gasteiger charge is -2.20. The van der Waals surface area contributed by atoms with Crippen LogP contribution in [0.3, 0.4) is 0 Å². The van der Waals surface area contributed by atoms with E-state index in [0.29, 0.717) is 6.61 Å². The van der Waals surface area contributed by atoms with E-state index in [1.54, 1.807) is 0 Å². The third-order valence-corrected chi connectivity index (χ3v) is 7.31. The Balaban J connectivity index is 4.23. The Hall–Kier alpha value is -1.28. The number of ether oxygens (including phenoxy) is 2. The smallest absolute Gasteiger partial charge is 0.457 e. The van der Waals surface area contributed by atoms with Gasteiger partial charge in [-0.05, 0) is 44.9 Å². The van der Waals surface area contributed by atoms with Crippen LogP contribution in [-0.2, 0) is 27.9 Å². The Morgan fingerprint density at radius 3 is 2.02 bits per heavy atom. The largest absolute Gasteiger partial charge is 0.472 e. The molecule has 0 amide bonds. The standard InChI is InChI=1S/C32H60NO7P/c1-3-5-7-9-11-13-14-15-16-17-19-21-23-25-32(34)40-31(30-39-41(35,36)38-28-26-33)29-37-27-24-22-20-18-12-10-8-6-4-2/h5,7,11,13,15-16,31H,3-4,6,8-10,12,14,17-30,33H2,1-2H3,(H,35,36)/b7-5-,13-11-,16-15-. The summed E-state index contributed by atoms with van der Waals surface area (Å²) in [5.74, 6) is -0.362. The first-order valence-electron chi connectivity index (χ1n) is 16.0. The molecule has 0 saturated carbocycles. The highest BCUT2D eigenvalue weighted by molar-refractivity contribution is 7.47. The van der Waals surface area contributed by atoms with Crippen LogP contribution < -0.4 is 5.73 Å². The van der Waals surface area contributed by atoms with E-state index in [1.165, 1.54) is 44.9 Å². The highest BCUT2D eigenvalue weighted by atomic mass is 31.2. The highest BCUT2D eigenvalue weighted by Gasteiger charge is 2.25. The number of carbonyl (C=O) groups is 1. The molecule has 8 nitrogen and oxygen atoms in total. The molecule has 0 fully saturated rings. The SMILES string of the molecule is CC/C=C\C/C=C\C/C=C\CCCCCC(=O)OC(COCCCCCCCCCCC)COP(=O)(O)OCCN. The molecule has 0 spiro atoms. The van der Waals surface area contributed by atoms with Crippen molar-refractivity contribution in [2.24, 2.45) is 5.73 Å². The zero-order valence-corrected chi connectivity index (χ0v) is 26.9. The Labute approximate surface area is 250 Å². The molecule has 0 aromatic heterocycles. The molecule has 240 valence electrons. The van der Waals surface area contributed by atoms with E-state index in [2.05, 4.69) is 50.3 Å². The monoisotopic (exact) mass is 601 g/mol. The van der Waals surface area contributed by atoms with Gasteiger partial charge in [-0.15, -0.1) is 0 Å². The van der Waals surface area contributed by atoms with Crippen molar-refractivity contribution >= 4 is 13.8 Å². The molecule has 0 rings (SSSR count). The second-order valence-electron chi connectivity index (χ2n) is 10.3. The first-order valence-corrected chi connectivity index (χ1v) is 17.5. The number of phosphoric acid groups is 1. The maximum absolute atomic E-state index is 12.4. The first-order chi connectivity index (χ1) is 19.9. The van der Waals surface area contributed by atoms with Crippen LogP contribution >= 0.6 is 7.82 Å². The summed E-state index contributed by atoms with van der Waals surface area (Å²) < 4.78 is 33.0. The lowest BCUT2D eigenvalue weighted by Crippen LogP contribution is -2.28. The quantitative estimate of drug-likeness (QED) is 0.0365. The molecule has 3 N–H and O–H groups in total. The van der Waals surface area contributed by atoms with Crippen LogP contribution in [-0.4, -0.2) is 49.9 Å². The molecule has 41 heavy (non-hydrogen) atoms. The predicted molar refractivity (Wildman–Crippen MR) is 169 cm³/mol. The molecule has 0 aliphatic heterocycles. The van der Waals surface area contributed by atoms with Gasteiger partial charge in [0, 0.05) is 19.6 Å². The van der Waals surface area contributed by atoms with Gasteiger partial charge >= 0.3 is 13.8 Å². The van der Waals surface area contributed by atoms with Gasteiger partial charge in [0.25, 0.3) is 0 Å². The lowest BCUT2D eigenvalue weighted by atomic mass is 10.1. The number of esters is 1. The fourth-order valence-corrected chi connectivity index (χ4v) is 4.77. The topological polar surface area (TPSA) is 117 Å². The minimum Gasteiger partial charge on any atom is -0.457 e. The van der Waals surface area contributed by atoms with E-state index in [4.69, 9.17) is 24.3 Å². The minimum absolute atomic E-state index is 0.0952. The van der Waals surface area contributed by atoms with Crippen LogP contribution in [0.25, 0.3) is 0 Å². The van der Waals surface area contributed by atoms with Crippen molar-refractivity contribution in [3.63, 3.8) is 0 Å². The number of carbonyl (C=O) groups excluding carboxylic acids is 1. The second kappa shape index (κ2) is 30.2. The number of hydrogen-bond donors (Lipinski definition) is 2. The molecular weight excluding hydrogens is 541 g/mol. The zero-order chi connectivity index (χ0) is 30.3. The summed E-state index contributed by atoms with van der Waals surface area (Å²) in [5.41, 5.74) is 5.32. The number of nitrogens with two attached hydrogens (primary N) is 1. The van der Waals surface area contributed by atoms with E-state index in [-0.39, 0.29) is 38.8 Å². The molecule has 9 heteroatoms. The average molecular weight is 602 g/mol. The molecule has 0 aliphatic carbocycles. The van der Waals surface area contributed by atoms with Crippen LogP contribution in [0, 0.1) is 0 Å². The average Bonchev–Trinajstić information content (AvgIpc) is 2.96. The molecule has 0 bridgehead atoms. The van der Waals surface area contributed by atoms with Gasteiger partial charge < -0.3 is 20.1 Å². The van der Waals surface area contributed by atoms with Crippen molar-refractivity contribution in [3.8, 4) is 0 Å². The van der Waals surface area contributed by atoms with Crippen LogP contribution in [0.2, 0.25) is 0 Å². The third-order valence-electron chi connectivity index (χ3n) is 6.32. The normalized spacial score (nSPS) is 14.3. The molecule has 0 aromatic carbocycles. The molecular formula is C32H60NO7P. The summed E-state index contributed by atoms with van der Waals surface area (Å²) in [7, 11) is -4.27. The van der Waals surface area contributed by atoms with Crippen LogP contribution in [0.15, 0.2) is 36.5 Å². The van der Waals surface area contributed by atoms with Gasteiger partial charge in [0.05, 0.1) is 19.8 Å². The van der Waals surface area contributed by atoms with E-state index in [9.17, 15) is 14.3 Å². The molecule has 0 aliphatic rings. The Bertz CT molecular complexity index is 727. The van der Waals surface area contributed by atoms with Crippen molar-refractivity contribution in [1.29, 1.82) is 0 Å². The zero-order valence-electron chi connectivity index (χ0n) is 26.0. The number of unbranched alkanes of at least 4 members (excludes halogenated alkanes) is 11. The summed E-state index contributed by atoms with van der Waals surface area (Å²) in [6.07, 6.45) is 30.2. The van der Waals surface area contributed by atoms with Crippen LogP contribution in [0.4, 0.5) is 0 Å². The van der Waals surface area contributed by atoms with Crippen molar-refractivity contribution < 1.29 is 32.8 Å². The van der Waals surface area contributed by atoms with Gasteiger partial charge in [-0.25, -0.2) is 4.57 Å². The van der Waals surface area contributed by atoms with Gasteiger partial charge in [0.1, 0.15) is 6.10 Å². The van der Waals surface area contributed by atoms with E-state index < -0.39 is 13.9 Å². The van der Waals surface area contributed by atoms with Gasteiger partial charge in [0.2, 0.25) is 0 Å². The number of phosphoric ester groups is 1. The summed E-state index contributed by atoms with van der Waals surface area (Å²) in [6.45, 7) is 4.72. The van der Waals surface area contributed by atoms with E-state index in [0.717, 1.165) is 57.8 Å². The van der Waals surface area contributed by atoms with E-state index in [1.807, 2.05) is 0 Å². The van der Waals surface area contributed by atoms with Gasteiger partial charge in [0.15, 0.2) is 0 Å². The third kappa shape index (κ3) is 30.0. The minimum atomic E-state index is -4.27. The van der Waals surface area contributed by atoms with Crippen LogP contribution in [0.1, 0.15) is 123 Å².